The number of aliphatic imine (C=N–C) groups is 1. The lowest BCUT2D eigenvalue weighted by Crippen LogP contribution is -2.28. The Morgan fingerprint density at radius 3 is 2.73 bits per heavy atom. The van der Waals surface area contributed by atoms with Gasteiger partial charge in [-0.05, 0) is 12.3 Å². The van der Waals surface area contributed by atoms with Crippen molar-refractivity contribution in [1.82, 2.24) is 10.4 Å². The predicted molar refractivity (Wildman–Crippen MR) is 47.8 cm³/mol. The molecule has 3 N–H and O–H groups in total. The fraction of sp³-hybridized carbons (Fsp3) is 0.286. The second kappa shape index (κ2) is 5.49. The molecular formula is C7H14N4. The second-order valence-corrected chi connectivity index (χ2v) is 2.12. The number of nitrogens with zero attached hydrogens (tertiary/aromatic N) is 2. The molecule has 0 unspecified atom stereocenters. The molecule has 0 aromatic carbocycles. The van der Waals surface area contributed by atoms with Crippen LogP contribution in [0.1, 0.15) is 0 Å². The molecule has 0 fully saturated rings. The van der Waals surface area contributed by atoms with E-state index in [4.69, 9.17) is 5.73 Å². The van der Waals surface area contributed by atoms with E-state index in [0.717, 1.165) is 0 Å². The summed E-state index contributed by atoms with van der Waals surface area (Å²) in [4.78, 5) is 3.92. The number of nitrogens with two attached hydrogens (primary N) is 1. The van der Waals surface area contributed by atoms with Gasteiger partial charge < -0.3 is 11.2 Å². The van der Waals surface area contributed by atoms with Crippen LogP contribution >= 0.6 is 0 Å². The number of allylic oxidation sites excluding steroid dienone is 1. The quantitative estimate of drug-likeness (QED) is 0.445. The van der Waals surface area contributed by atoms with Crippen LogP contribution in [-0.2, 0) is 0 Å². The van der Waals surface area contributed by atoms with Crippen molar-refractivity contribution in [2.45, 2.75) is 0 Å². The molecule has 0 aliphatic rings. The van der Waals surface area contributed by atoms with Gasteiger partial charge in [0.1, 0.15) is 5.82 Å². The van der Waals surface area contributed by atoms with Crippen molar-refractivity contribution in [2.24, 2.45) is 10.7 Å². The standard InChI is InChI=1S/C7H14N4/c1-7(10-11(2)3)9-6-4-5-8/h4-6,10H,1,8H2,2-3H3/b5-4-,9-6?. The Morgan fingerprint density at radius 1 is 1.64 bits per heavy atom. The molecule has 62 valence electrons. The number of rotatable bonds is 4. The summed E-state index contributed by atoms with van der Waals surface area (Å²) in [6.07, 6.45) is 4.60. The number of hydrogen-bond donors (Lipinski definition) is 2. The summed E-state index contributed by atoms with van der Waals surface area (Å²) in [6, 6.07) is 0. The van der Waals surface area contributed by atoms with Crippen molar-refractivity contribution in [3.05, 3.63) is 24.7 Å². The first-order valence-corrected chi connectivity index (χ1v) is 3.20. The van der Waals surface area contributed by atoms with Crippen molar-refractivity contribution >= 4 is 6.21 Å². The van der Waals surface area contributed by atoms with E-state index in [1.807, 2.05) is 14.1 Å². The molecule has 0 spiro atoms. The molecular weight excluding hydrogens is 140 g/mol. The summed E-state index contributed by atoms with van der Waals surface area (Å²) in [5, 5.41) is 1.76. The Hall–Kier alpha value is -1.29. The molecule has 0 aliphatic carbocycles. The summed E-state index contributed by atoms with van der Waals surface area (Å²) in [7, 11) is 3.72. The van der Waals surface area contributed by atoms with Crippen LogP contribution in [0, 0.1) is 0 Å². The van der Waals surface area contributed by atoms with Crippen molar-refractivity contribution in [1.29, 1.82) is 0 Å². The minimum atomic E-state index is 0.577. The highest BCUT2D eigenvalue weighted by Crippen LogP contribution is 1.84. The number of hydrazine groups is 1. The highest BCUT2D eigenvalue weighted by Gasteiger charge is 1.86. The number of hydrogen-bond acceptors (Lipinski definition) is 4. The molecule has 0 aliphatic heterocycles. The molecule has 0 saturated carbocycles. The monoisotopic (exact) mass is 154 g/mol. The number of nitrogens with one attached hydrogen (secondary N) is 1. The molecule has 0 amide bonds. The molecule has 0 saturated heterocycles. The summed E-state index contributed by atoms with van der Waals surface area (Å²) in [5.41, 5.74) is 7.95. The van der Waals surface area contributed by atoms with E-state index in [0.29, 0.717) is 5.82 Å². The van der Waals surface area contributed by atoms with Gasteiger partial charge in [0.05, 0.1) is 0 Å². The van der Waals surface area contributed by atoms with Crippen molar-refractivity contribution < 1.29 is 0 Å². The highest BCUT2D eigenvalue weighted by molar-refractivity contribution is 5.71. The molecule has 0 aromatic heterocycles. The van der Waals surface area contributed by atoms with Gasteiger partial charge in [-0.2, -0.15) is 0 Å². The zero-order chi connectivity index (χ0) is 8.69. The maximum absolute atomic E-state index is 5.08. The Morgan fingerprint density at radius 2 is 2.27 bits per heavy atom. The first-order valence-electron chi connectivity index (χ1n) is 3.20. The van der Waals surface area contributed by atoms with Gasteiger partial charge in [-0.1, -0.05) is 6.58 Å². The van der Waals surface area contributed by atoms with Crippen LogP contribution in [0.15, 0.2) is 29.7 Å². The van der Waals surface area contributed by atoms with Crippen LogP contribution < -0.4 is 11.2 Å². The lowest BCUT2D eigenvalue weighted by atomic mass is 10.6. The van der Waals surface area contributed by atoms with Crippen LogP contribution in [0.3, 0.4) is 0 Å². The third-order valence-electron chi connectivity index (χ3n) is 0.780. The van der Waals surface area contributed by atoms with Gasteiger partial charge in [0.25, 0.3) is 0 Å². The zero-order valence-corrected chi connectivity index (χ0v) is 6.91. The third kappa shape index (κ3) is 6.60. The van der Waals surface area contributed by atoms with Crippen molar-refractivity contribution in [3.8, 4) is 0 Å². The minimum Gasteiger partial charge on any atom is -0.405 e. The van der Waals surface area contributed by atoms with Crippen molar-refractivity contribution in [2.75, 3.05) is 14.1 Å². The molecule has 0 aromatic rings. The lowest BCUT2D eigenvalue weighted by Gasteiger charge is -2.11. The second-order valence-electron chi connectivity index (χ2n) is 2.12. The highest BCUT2D eigenvalue weighted by atomic mass is 15.5. The Labute approximate surface area is 67.1 Å². The van der Waals surface area contributed by atoms with Gasteiger partial charge in [-0.3, -0.25) is 0 Å². The largest absolute Gasteiger partial charge is 0.405 e. The van der Waals surface area contributed by atoms with Crippen molar-refractivity contribution in [3.63, 3.8) is 0 Å². The van der Waals surface area contributed by atoms with Gasteiger partial charge >= 0.3 is 0 Å². The van der Waals surface area contributed by atoms with E-state index < -0.39 is 0 Å². The lowest BCUT2D eigenvalue weighted by molar-refractivity contribution is 0.327. The van der Waals surface area contributed by atoms with Gasteiger partial charge in [-0.15, -0.1) is 0 Å². The average molecular weight is 154 g/mol. The Kier molecular flexibility index (Phi) is 4.85. The van der Waals surface area contributed by atoms with Crippen LogP contribution in [0.5, 0.6) is 0 Å². The van der Waals surface area contributed by atoms with Gasteiger partial charge in [0, 0.05) is 20.3 Å². The molecule has 0 radical (unpaired) electrons. The fourth-order valence-corrected chi connectivity index (χ4v) is 0.470. The van der Waals surface area contributed by atoms with E-state index in [-0.39, 0.29) is 0 Å². The Balaban J connectivity index is 3.69. The fourth-order valence-electron chi connectivity index (χ4n) is 0.470. The van der Waals surface area contributed by atoms with Gasteiger partial charge in [0.15, 0.2) is 0 Å². The molecule has 11 heavy (non-hydrogen) atoms. The smallest absolute Gasteiger partial charge is 0.132 e. The van der Waals surface area contributed by atoms with E-state index in [9.17, 15) is 0 Å². The summed E-state index contributed by atoms with van der Waals surface area (Å²) >= 11 is 0. The van der Waals surface area contributed by atoms with Crippen LogP contribution in [0.25, 0.3) is 0 Å². The Bertz CT molecular complexity index is 169. The molecule has 0 bridgehead atoms. The van der Waals surface area contributed by atoms with Crippen LogP contribution in [0.4, 0.5) is 0 Å². The maximum atomic E-state index is 5.08. The summed E-state index contributed by atoms with van der Waals surface area (Å²) in [5.74, 6) is 0.577. The molecule has 0 atom stereocenters. The predicted octanol–water partition coefficient (Wildman–Crippen LogP) is 0.0670. The van der Waals surface area contributed by atoms with Crippen LogP contribution in [-0.4, -0.2) is 25.3 Å². The molecule has 0 heterocycles. The maximum Gasteiger partial charge on any atom is 0.132 e. The minimum absolute atomic E-state index is 0.577. The molecule has 4 nitrogen and oxygen atoms in total. The molecule has 0 rings (SSSR count). The van der Waals surface area contributed by atoms with E-state index >= 15 is 0 Å². The first-order chi connectivity index (χ1) is 5.16. The van der Waals surface area contributed by atoms with E-state index in [1.165, 1.54) is 6.20 Å². The average Bonchev–Trinajstić information content (AvgIpc) is 1.86. The topological polar surface area (TPSA) is 53.6 Å². The summed E-state index contributed by atoms with van der Waals surface area (Å²) in [6.45, 7) is 3.64. The summed E-state index contributed by atoms with van der Waals surface area (Å²) < 4.78 is 0. The van der Waals surface area contributed by atoms with Gasteiger partial charge in [0.2, 0.25) is 0 Å². The normalized spacial score (nSPS) is 11.5. The van der Waals surface area contributed by atoms with Crippen LogP contribution in [0.2, 0.25) is 0 Å². The third-order valence-corrected chi connectivity index (χ3v) is 0.780. The SMILES string of the molecule is C=C(N=C/C=C\N)NN(C)C. The van der Waals surface area contributed by atoms with Gasteiger partial charge in [-0.25, -0.2) is 10.0 Å². The van der Waals surface area contributed by atoms with E-state index in [1.54, 1.807) is 17.3 Å². The van der Waals surface area contributed by atoms with E-state index in [2.05, 4.69) is 17.0 Å². The first kappa shape index (κ1) is 9.71. The zero-order valence-electron chi connectivity index (χ0n) is 6.91. The molecule has 4 heteroatoms.